The van der Waals surface area contributed by atoms with Crippen LogP contribution in [0.5, 0.6) is 0 Å². The van der Waals surface area contributed by atoms with E-state index in [2.05, 4.69) is 39.0 Å². The standard InChI is InChI=1S/C15H14N4S/c1-4-5-8-14-13(16-3)10-18-15-12(7-6-9-17-15)19-11(2)20-14/h4,6-9H,2-3,10H2,1H3/b14-13+,18-15+,19-12-. The highest BCUT2D eigenvalue weighted by atomic mass is 32.2. The molecule has 0 N–H and O–H groups in total. The minimum absolute atomic E-state index is 0.403. The van der Waals surface area contributed by atoms with Crippen molar-refractivity contribution in [1.82, 2.24) is 4.98 Å². The average Bonchev–Trinajstić information content (AvgIpc) is 2.52. The molecular formula is C15H14N4S. The molecule has 2 heterocycles. The fraction of sp³-hybridized carbons (Fsp3) is 0.133. The van der Waals surface area contributed by atoms with Crippen molar-refractivity contribution >= 4 is 18.5 Å². The van der Waals surface area contributed by atoms with Crippen LogP contribution in [0.1, 0.15) is 6.92 Å². The van der Waals surface area contributed by atoms with Gasteiger partial charge in [0.25, 0.3) is 0 Å². The molecule has 1 aliphatic rings. The topological polar surface area (TPSA) is 50.0 Å². The van der Waals surface area contributed by atoms with Crippen LogP contribution in [0.3, 0.4) is 0 Å². The van der Waals surface area contributed by atoms with Gasteiger partial charge in [-0.2, -0.15) is 0 Å². The molecule has 20 heavy (non-hydrogen) atoms. The normalized spacial score (nSPS) is 21.6. The van der Waals surface area contributed by atoms with Crippen LogP contribution in [0.25, 0.3) is 0 Å². The van der Waals surface area contributed by atoms with E-state index < -0.39 is 0 Å². The highest BCUT2D eigenvalue weighted by Gasteiger charge is 2.07. The molecule has 0 bridgehead atoms. The summed E-state index contributed by atoms with van der Waals surface area (Å²) in [4.78, 5) is 18.1. The minimum atomic E-state index is 0.403. The second kappa shape index (κ2) is 6.80. The van der Waals surface area contributed by atoms with Gasteiger partial charge in [-0.1, -0.05) is 18.3 Å². The zero-order chi connectivity index (χ0) is 14.4. The molecule has 0 saturated carbocycles. The third kappa shape index (κ3) is 3.41. The van der Waals surface area contributed by atoms with Crippen LogP contribution in [0.2, 0.25) is 0 Å². The van der Waals surface area contributed by atoms with E-state index in [1.165, 1.54) is 11.8 Å². The summed E-state index contributed by atoms with van der Waals surface area (Å²) in [5.41, 5.74) is 4.39. The molecule has 100 valence electrons. The van der Waals surface area contributed by atoms with Crippen molar-refractivity contribution in [2.45, 2.75) is 6.92 Å². The summed E-state index contributed by atoms with van der Waals surface area (Å²) in [6, 6.07) is 3.69. The van der Waals surface area contributed by atoms with Crippen LogP contribution in [0.4, 0.5) is 0 Å². The molecule has 0 unspecified atom stereocenters. The molecule has 0 atom stereocenters. The summed E-state index contributed by atoms with van der Waals surface area (Å²) < 4.78 is 0. The summed E-state index contributed by atoms with van der Waals surface area (Å²) in [5.74, 6) is 0. The van der Waals surface area contributed by atoms with Gasteiger partial charge >= 0.3 is 0 Å². The molecule has 0 amide bonds. The molecular weight excluding hydrogens is 268 g/mol. The highest BCUT2D eigenvalue weighted by molar-refractivity contribution is 8.06. The van der Waals surface area contributed by atoms with Crippen LogP contribution in [-0.2, 0) is 0 Å². The largest absolute Gasteiger partial charge is 0.266 e. The van der Waals surface area contributed by atoms with E-state index in [-0.39, 0.29) is 0 Å². The van der Waals surface area contributed by atoms with Crippen LogP contribution < -0.4 is 10.8 Å². The van der Waals surface area contributed by atoms with Crippen molar-refractivity contribution in [2.24, 2.45) is 15.0 Å². The Morgan fingerprint density at radius 1 is 1.50 bits per heavy atom. The number of pyridine rings is 1. The lowest BCUT2D eigenvalue weighted by Gasteiger charge is -2.03. The Labute approximate surface area is 121 Å². The van der Waals surface area contributed by atoms with E-state index in [1.54, 1.807) is 6.20 Å². The van der Waals surface area contributed by atoms with Crippen LogP contribution >= 0.6 is 11.8 Å². The monoisotopic (exact) mass is 282 g/mol. The molecule has 2 rings (SSSR count). The van der Waals surface area contributed by atoms with E-state index in [4.69, 9.17) is 0 Å². The van der Waals surface area contributed by atoms with E-state index >= 15 is 0 Å². The van der Waals surface area contributed by atoms with Crippen molar-refractivity contribution in [3.8, 4) is 0 Å². The number of allylic oxidation sites excluding steroid dienone is 1. The molecule has 0 spiro atoms. The van der Waals surface area contributed by atoms with Crippen molar-refractivity contribution in [2.75, 3.05) is 6.54 Å². The van der Waals surface area contributed by atoms with Gasteiger partial charge in [0.15, 0.2) is 5.49 Å². The summed E-state index contributed by atoms with van der Waals surface area (Å²) >= 11 is 1.43. The van der Waals surface area contributed by atoms with Gasteiger partial charge in [-0.05, 0) is 37.9 Å². The first kappa shape index (κ1) is 14.2. The Hall–Kier alpha value is -2.23. The van der Waals surface area contributed by atoms with Gasteiger partial charge in [-0.25, -0.2) is 9.98 Å². The molecule has 1 aromatic rings. The third-order valence-corrected chi connectivity index (χ3v) is 3.37. The molecule has 0 aliphatic carbocycles. The van der Waals surface area contributed by atoms with Crippen molar-refractivity contribution < 1.29 is 0 Å². The first-order chi connectivity index (χ1) is 9.74. The van der Waals surface area contributed by atoms with Crippen molar-refractivity contribution in [3.63, 3.8) is 0 Å². The lowest BCUT2D eigenvalue weighted by Crippen LogP contribution is -2.28. The van der Waals surface area contributed by atoms with Gasteiger partial charge in [0.2, 0.25) is 0 Å². The lowest BCUT2D eigenvalue weighted by molar-refractivity contribution is 0.976. The Morgan fingerprint density at radius 2 is 2.35 bits per heavy atom. The summed E-state index contributed by atoms with van der Waals surface area (Å²) in [7, 11) is 0. The van der Waals surface area contributed by atoms with Crippen LogP contribution in [0.15, 0.2) is 73.4 Å². The van der Waals surface area contributed by atoms with Gasteiger partial charge in [-0.3, -0.25) is 9.98 Å². The van der Waals surface area contributed by atoms with Crippen LogP contribution in [-0.4, -0.2) is 18.2 Å². The van der Waals surface area contributed by atoms with E-state index in [0.29, 0.717) is 22.4 Å². The molecule has 0 fully saturated rings. The smallest absolute Gasteiger partial charge is 0.173 e. The van der Waals surface area contributed by atoms with Crippen molar-refractivity contribution in [3.05, 3.63) is 69.3 Å². The number of nitrogens with zero attached hydrogens (tertiary/aromatic N) is 4. The maximum atomic E-state index is 4.44. The Balaban J connectivity index is 2.61. The fourth-order valence-electron chi connectivity index (χ4n) is 1.57. The SMILES string of the molecule is C=N/C1=C(\C=C=CC)SC(=C)/N=c2/cccn/c2=N/C1. The van der Waals surface area contributed by atoms with Gasteiger partial charge in [0, 0.05) is 11.1 Å². The first-order valence-electron chi connectivity index (χ1n) is 6.02. The summed E-state index contributed by atoms with van der Waals surface area (Å²) in [6.45, 7) is 9.87. The Kier molecular flexibility index (Phi) is 4.82. The number of thioether (sulfide) groups is 1. The zero-order valence-electron chi connectivity index (χ0n) is 11.2. The number of hydrogen-bond donors (Lipinski definition) is 0. The Bertz CT molecular complexity index is 752. The molecule has 0 aromatic carbocycles. The zero-order valence-corrected chi connectivity index (χ0v) is 12.0. The van der Waals surface area contributed by atoms with E-state index in [9.17, 15) is 0 Å². The molecule has 4 nitrogen and oxygen atoms in total. The molecule has 1 aliphatic heterocycles. The number of aromatic nitrogens is 1. The predicted octanol–water partition coefficient (Wildman–Crippen LogP) is 2.18. The fourth-order valence-corrected chi connectivity index (χ4v) is 2.34. The van der Waals surface area contributed by atoms with Crippen LogP contribution in [0, 0.1) is 0 Å². The van der Waals surface area contributed by atoms with Gasteiger partial charge < -0.3 is 0 Å². The minimum Gasteiger partial charge on any atom is -0.266 e. The average molecular weight is 282 g/mol. The molecule has 5 heteroatoms. The number of fused-ring (bicyclic) bond motifs is 1. The summed E-state index contributed by atoms with van der Waals surface area (Å²) in [6.07, 6.45) is 5.36. The maximum absolute atomic E-state index is 4.44. The molecule has 0 saturated heterocycles. The Morgan fingerprint density at radius 3 is 3.10 bits per heavy atom. The predicted molar refractivity (Wildman–Crippen MR) is 83.0 cm³/mol. The van der Waals surface area contributed by atoms with E-state index in [1.807, 2.05) is 31.2 Å². The number of aliphatic imine (C=N–C) groups is 1. The second-order valence-electron chi connectivity index (χ2n) is 3.84. The van der Waals surface area contributed by atoms with E-state index in [0.717, 1.165) is 10.6 Å². The second-order valence-corrected chi connectivity index (χ2v) is 4.95. The summed E-state index contributed by atoms with van der Waals surface area (Å²) in [5, 5.41) is 1.37. The molecule has 0 radical (unpaired) electrons. The highest BCUT2D eigenvalue weighted by Crippen LogP contribution is 2.29. The third-order valence-electron chi connectivity index (χ3n) is 2.47. The van der Waals surface area contributed by atoms with Gasteiger partial charge in [-0.15, -0.1) is 5.73 Å². The quantitative estimate of drug-likeness (QED) is 0.616. The van der Waals surface area contributed by atoms with Gasteiger partial charge in [0.1, 0.15) is 5.36 Å². The van der Waals surface area contributed by atoms with Gasteiger partial charge in [0.05, 0.1) is 17.3 Å². The number of rotatable bonds is 2. The first-order valence-corrected chi connectivity index (χ1v) is 6.84. The number of hydrogen-bond acceptors (Lipinski definition) is 5. The van der Waals surface area contributed by atoms with Crippen molar-refractivity contribution in [1.29, 1.82) is 0 Å². The lowest BCUT2D eigenvalue weighted by atomic mass is 10.3. The maximum Gasteiger partial charge on any atom is 0.173 e. The molecule has 1 aromatic heterocycles.